The van der Waals surface area contributed by atoms with Crippen molar-refractivity contribution in [3.05, 3.63) is 37.4 Å². The lowest BCUT2D eigenvalue weighted by Crippen LogP contribution is -2.44. The number of fused-ring (bicyclic) bond motifs is 2. The van der Waals surface area contributed by atoms with Crippen LogP contribution in [0.3, 0.4) is 0 Å². The van der Waals surface area contributed by atoms with Gasteiger partial charge in [-0.05, 0) is 81.1 Å². The minimum absolute atomic E-state index is 0.185. The first-order valence-electron chi connectivity index (χ1n) is 11.8. The van der Waals surface area contributed by atoms with Gasteiger partial charge in [0.1, 0.15) is 5.00 Å². The zero-order valence-electron chi connectivity index (χ0n) is 19.2. The fourth-order valence-corrected chi connectivity index (χ4v) is 7.35. The summed E-state index contributed by atoms with van der Waals surface area (Å²) in [6.45, 7) is 4.39. The highest BCUT2D eigenvalue weighted by molar-refractivity contribution is 7.80. The molecule has 0 aromatic carbocycles. The molecule has 178 valence electrons. The van der Waals surface area contributed by atoms with Crippen molar-refractivity contribution in [3.63, 3.8) is 0 Å². The van der Waals surface area contributed by atoms with Crippen LogP contribution in [0.15, 0.2) is 5.38 Å². The van der Waals surface area contributed by atoms with Crippen molar-refractivity contribution >= 4 is 56.9 Å². The van der Waals surface area contributed by atoms with Crippen molar-refractivity contribution in [2.45, 2.75) is 71.6 Å². The number of thiophene rings is 2. The number of esters is 1. The average molecular weight is 506 g/mol. The highest BCUT2D eigenvalue weighted by Gasteiger charge is 2.26. The van der Waals surface area contributed by atoms with Crippen molar-refractivity contribution in [1.82, 2.24) is 10.9 Å². The van der Waals surface area contributed by atoms with Gasteiger partial charge >= 0.3 is 5.97 Å². The van der Waals surface area contributed by atoms with E-state index in [0.29, 0.717) is 23.1 Å². The maximum Gasteiger partial charge on any atom is 0.341 e. The Bertz CT molecular complexity index is 1040. The van der Waals surface area contributed by atoms with Crippen LogP contribution in [0.4, 0.5) is 5.00 Å². The molecule has 0 aliphatic heterocycles. The van der Waals surface area contributed by atoms with Gasteiger partial charge in [0.25, 0.3) is 5.91 Å². The maximum absolute atomic E-state index is 12.8. The van der Waals surface area contributed by atoms with Crippen LogP contribution >= 0.6 is 34.9 Å². The molecule has 0 spiro atoms. The van der Waals surface area contributed by atoms with Crippen LogP contribution in [0.25, 0.3) is 0 Å². The molecule has 33 heavy (non-hydrogen) atoms. The van der Waals surface area contributed by atoms with Crippen LogP contribution in [-0.4, -0.2) is 23.6 Å². The highest BCUT2D eigenvalue weighted by atomic mass is 32.1. The van der Waals surface area contributed by atoms with Crippen LogP contribution in [0, 0.1) is 5.92 Å². The topological polar surface area (TPSA) is 79.5 Å². The third kappa shape index (κ3) is 5.58. The van der Waals surface area contributed by atoms with E-state index in [-0.39, 0.29) is 17.0 Å². The van der Waals surface area contributed by atoms with Gasteiger partial charge in [0.2, 0.25) is 0 Å². The summed E-state index contributed by atoms with van der Waals surface area (Å²) in [5, 5.41) is 6.02. The Hall–Kier alpha value is -1.97. The first kappa shape index (κ1) is 24.2. The largest absolute Gasteiger partial charge is 0.462 e. The van der Waals surface area contributed by atoms with Crippen LogP contribution < -0.4 is 16.2 Å². The summed E-state index contributed by atoms with van der Waals surface area (Å²) in [4.78, 5) is 28.1. The quantitative estimate of drug-likeness (QED) is 0.293. The molecule has 1 atom stereocenters. The molecule has 2 aromatic heterocycles. The normalized spacial score (nSPS) is 17.7. The van der Waals surface area contributed by atoms with E-state index in [1.54, 1.807) is 22.7 Å². The molecule has 0 unspecified atom stereocenters. The number of carbonyl (C=O) groups is 2. The van der Waals surface area contributed by atoms with Crippen molar-refractivity contribution in [2.24, 2.45) is 5.92 Å². The molecule has 0 saturated carbocycles. The van der Waals surface area contributed by atoms with E-state index in [0.717, 1.165) is 56.1 Å². The molecule has 2 aliphatic rings. The Morgan fingerprint density at radius 1 is 1.09 bits per heavy atom. The van der Waals surface area contributed by atoms with E-state index in [1.807, 2.05) is 12.3 Å². The van der Waals surface area contributed by atoms with Crippen molar-refractivity contribution in [1.29, 1.82) is 0 Å². The van der Waals surface area contributed by atoms with Gasteiger partial charge in [0.15, 0.2) is 5.11 Å². The number of carbonyl (C=O) groups excluding carboxylic acids is 2. The zero-order valence-corrected chi connectivity index (χ0v) is 21.6. The van der Waals surface area contributed by atoms with E-state index in [2.05, 4.69) is 23.1 Å². The van der Waals surface area contributed by atoms with E-state index in [1.165, 1.54) is 28.2 Å². The molecule has 0 radical (unpaired) electrons. The first-order chi connectivity index (χ1) is 16.0. The molecule has 0 bridgehead atoms. The lowest BCUT2D eigenvalue weighted by atomic mass is 9.88. The van der Waals surface area contributed by atoms with Crippen molar-refractivity contribution in [3.8, 4) is 0 Å². The molecule has 2 aromatic rings. The predicted octanol–water partition coefficient (Wildman–Crippen LogP) is 5.40. The van der Waals surface area contributed by atoms with Gasteiger partial charge in [-0.15, -0.1) is 22.7 Å². The number of hydrogen-bond donors (Lipinski definition) is 3. The van der Waals surface area contributed by atoms with E-state index in [4.69, 9.17) is 17.0 Å². The van der Waals surface area contributed by atoms with Crippen LogP contribution in [0.2, 0.25) is 0 Å². The number of rotatable bonds is 4. The molecule has 0 fully saturated rings. The van der Waals surface area contributed by atoms with Gasteiger partial charge in [-0.25, -0.2) is 4.79 Å². The number of aryl methyl sites for hydroxylation is 1. The molecule has 4 rings (SSSR count). The SMILES string of the molecule is CCOC(=O)c1c(NC(=S)NNC(=O)c2csc3c2CC[C@H](C)C3)sc2c1CCCCCC2. The Labute approximate surface area is 208 Å². The number of amides is 1. The monoisotopic (exact) mass is 505 g/mol. The van der Waals surface area contributed by atoms with E-state index in [9.17, 15) is 9.59 Å². The number of anilines is 1. The van der Waals surface area contributed by atoms with Gasteiger partial charge in [-0.1, -0.05) is 19.8 Å². The number of hydrazine groups is 1. The van der Waals surface area contributed by atoms with Crippen LogP contribution in [0.1, 0.15) is 87.5 Å². The van der Waals surface area contributed by atoms with Gasteiger partial charge in [0, 0.05) is 15.1 Å². The molecule has 2 heterocycles. The molecule has 3 N–H and O–H groups in total. The fraction of sp³-hybridized carbons (Fsp3) is 0.542. The summed E-state index contributed by atoms with van der Waals surface area (Å²) in [5.41, 5.74) is 9.12. The lowest BCUT2D eigenvalue weighted by molar-refractivity contribution is 0.0526. The summed E-state index contributed by atoms with van der Waals surface area (Å²) >= 11 is 8.68. The molecule has 0 saturated heterocycles. The Balaban J connectivity index is 1.44. The highest BCUT2D eigenvalue weighted by Crippen LogP contribution is 2.37. The first-order valence-corrected chi connectivity index (χ1v) is 13.9. The fourth-order valence-electron chi connectivity index (χ4n) is 4.61. The Morgan fingerprint density at radius 2 is 1.88 bits per heavy atom. The lowest BCUT2D eigenvalue weighted by Gasteiger charge is -2.19. The summed E-state index contributed by atoms with van der Waals surface area (Å²) < 4.78 is 5.35. The minimum Gasteiger partial charge on any atom is -0.462 e. The second-order valence-electron chi connectivity index (χ2n) is 8.77. The minimum atomic E-state index is -0.316. The molecule has 1 amide bonds. The van der Waals surface area contributed by atoms with Gasteiger partial charge in [0.05, 0.1) is 17.7 Å². The summed E-state index contributed by atoms with van der Waals surface area (Å²) in [6, 6.07) is 0. The third-order valence-electron chi connectivity index (χ3n) is 6.31. The van der Waals surface area contributed by atoms with Gasteiger partial charge in [-0.2, -0.15) is 0 Å². The maximum atomic E-state index is 12.8. The summed E-state index contributed by atoms with van der Waals surface area (Å²) in [6.07, 6.45) is 9.51. The Kier molecular flexibility index (Phi) is 8.03. The molecule has 2 aliphatic carbocycles. The number of nitrogens with one attached hydrogen (secondary N) is 3. The number of thiocarbonyl (C=S) groups is 1. The van der Waals surface area contributed by atoms with Gasteiger partial charge in [-0.3, -0.25) is 15.6 Å². The van der Waals surface area contributed by atoms with Crippen molar-refractivity contribution < 1.29 is 14.3 Å². The van der Waals surface area contributed by atoms with Crippen LogP contribution in [-0.2, 0) is 30.4 Å². The predicted molar refractivity (Wildman–Crippen MR) is 138 cm³/mol. The van der Waals surface area contributed by atoms with Crippen LogP contribution in [0.5, 0.6) is 0 Å². The van der Waals surface area contributed by atoms with E-state index >= 15 is 0 Å². The van der Waals surface area contributed by atoms with Crippen molar-refractivity contribution in [2.75, 3.05) is 11.9 Å². The van der Waals surface area contributed by atoms with E-state index < -0.39 is 0 Å². The second-order valence-corrected chi connectivity index (χ2v) is 11.3. The Morgan fingerprint density at radius 3 is 2.67 bits per heavy atom. The second kappa shape index (κ2) is 11.0. The number of hydrogen-bond acceptors (Lipinski definition) is 6. The number of ether oxygens (including phenoxy) is 1. The molecule has 6 nitrogen and oxygen atoms in total. The average Bonchev–Trinajstić information content (AvgIpc) is 3.33. The molecular weight excluding hydrogens is 474 g/mol. The van der Waals surface area contributed by atoms with Gasteiger partial charge < -0.3 is 10.1 Å². The smallest absolute Gasteiger partial charge is 0.341 e. The summed E-state index contributed by atoms with van der Waals surface area (Å²) in [5.74, 6) is 0.167. The standard InChI is InChI=1S/C24H31N3O3S3/c1-3-30-23(29)20-16-8-6-4-5-7-9-18(16)33-22(20)25-24(31)27-26-21(28)17-13-32-19-12-14(2)10-11-15(17)19/h13-14H,3-12H2,1-2H3,(H,26,28)(H2,25,27,31)/t14-/m0/s1. The zero-order chi connectivity index (χ0) is 23.4. The third-order valence-corrected chi connectivity index (χ3v) is 8.78. The molecular formula is C24H31N3O3S3. The molecule has 9 heteroatoms. The summed E-state index contributed by atoms with van der Waals surface area (Å²) in [7, 11) is 0.